The normalized spacial score (nSPS) is 18.9. The highest BCUT2D eigenvalue weighted by Gasteiger charge is 2.27. The predicted octanol–water partition coefficient (Wildman–Crippen LogP) is 1.00. The lowest BCUT2D eigenvalue weighted by Gasteiger charge is -2.20. The Morgan fingerprint density at radius 2 is 2.17 bits per heavy atom. The van der Waals surface area contributed by atoms with Crippen LogP contribution in [-0.2, 0) is 4.79 Å². The molecule has 1 amide bonds. The van der Waals surface area contributed by atoms with E-state index in [2.05, 4.69) is 4.90 Å². The Kier molecular flexibility index (Phi) is 3.23. The van der Waals surface area contributed by atoms with Gasteiger partial charge in [0.1, 0.15) is 0 Å². The largest absolute Gasteiger partial charge is 0.478 e. The van der Waals surface area contributed by atoms with Crippen LogP contribution >= 0.6 is 0 Å². The third-order valence-electron chi connectivity index (χ3n) is 3.38. The Hall–Kier alpha value is -2.04. The average molecular weight is 248 g/mol. The van der Waals surface area contributed by atoms with Gasteiger partial charge in [-0.15, -0.1) is 0 Å². The van der Waals surface area contributed by atoms with Crippen LogP contribution in [0.3, 0.4) is 0 Å². The quantitative estimate of drug-likeness (QED) is 0.836. The molecule has 2 rings (SSSR count). The van der Waals surface area contributed by atoms with E-state index in [-0.39, 0.29) is 17.4 Å². The molecule has 0 radical (unpaired) electrons. The van der Waals surface area contributed by atoms with Crippen LogP contribution in [0.5, 0.6) is 0 Å². The molecule has 0 spiro atoms. The SMILES string of the molecule is Cc1cc(C(=O)O)ccc1N1CCC(C(N)=O)C1. The second-order valence-corrected chi connectivity index (χ2v) is 4.64. The number of anilines is 1. The fourth-order valence-electron chi connectivity index (χ4n) is 2.35. The highest BCUT2D eigenvalue weighted by atomic mass is 16.4. The number of hydrogen-bond donors (Lipinski definition) is 2. The topological polar surface area (TPSA) is 83.6 Å². The fourth-order valence-corrected chi connectivity index (χ4v) is 2.35. The summed E-state index contributed by atoms with van der Waals surface area (Å²) in [6.07, 6.45) is 0.759. The van der Waals surface area contributed by atoms with Gasteiger partial charge in [0.25, 0.3) is 0 Å². The van der Waals surface area contributed by atoms with Gasteiger partial charge in [0.2, 0.25) is 5.91 Å². The molecule has 1 heterocycles. The molecule has 1 fully saturated rings. The maximum absolute atomic E-state index is 11.1. The molecule has 1 aromatic carbocycles. The number of hydrogen-bond acceptors (Lipinski definition) is 3. The van der Waals surface area contributed by atoms with E-state index in [9.17, 15) is 9.59 Å². The summed E-state index contributed by atoms with van der Waals surface area (Å²) >= 11 is 0. The number of carboxylic acids is 1. The summed E-state index contributed by atoms with van der Waals surface area (Å²) in [6.45, 7) is 3.27. The van der Waals surface area contributed by atoms with Gasteiger partial charge in [0, 0.05) is 18.8 Å². The third-order valence-corrected chi connectivity index (χ3v) is 3.38. The molecule has 1 aromatic rings. The molecule has 1 aliphatic rings. The standard InChI is InChI=1S/C13H16N2O3/c1-8-6-9(13(17)18)2-3-11(8)15-5-4-10(7-15)12(14)16/h2-3,6,10H,4-5,7H2,1H3,(H2,14,16)(H,17,18). The van der Waals surface area contributed by atoms with Crippen LogP contribution in [0, 0.1) is 12.8 Å². The van der Waals surface area contributed by atoms with Crippen LogP contribution in [0.4, 0.5) is 5.69 Å². The van der Waals surface area contributed by atoms with E-state index in [0.29, 0.717) is 6.54 Å². The van der Waals surface area contributed by atoms with Crippen LogP contribution in [0.1, 0.15) is 22.3 Å². The fraction of sp³-hybridized carbons (Fsp3) is 0.385. The molecular weight excluding hydrogens is 232 g/mol. The number of benzene rings is 1. The van der Waals surface area contributed by atoms with Crippen LogP contribution in [0.25, 0.3) is 0 Å². The summed E-state index contributed by atoms with van der Waals surface area (Å²) in [5.41, 5.74) is 7.45. The number of primary amides is 1. The van der Waals surface area contributed by atoms with E-state index in [1.807, 2.05) is 6.92 Å². The number of nitrogens with zero attached hydrogens (tertiary/aromatic N) is 1. The Labute approximate surface area is 105 Å². The number of carbonyl (C=O) groups excluding carboxylic acids is 1. The summed E-state index contributed by atoms with van der Waals surface area (Å²) in [6, 6.07) is 5.03. The number of rotatable bonds is 3. The van der Waals surface area contributed by atoms with Crippen molar-refractivity contribution < 1.29 is 14.7 Å². The van der Waals surface area contributed by atoms with Crippen molar-refractivity contribution in [2.75, 3.05) is 18.0 Å². The van der Waals surface area contributed by atoms with Gasteiger partial charge in [0.15, 0.2) is 0 Å². The zero-order chi connectivity index (χ0) is 13.3. The van der Waals surface area contributed by atoms with Crippen LogP contribution < -0.4 is 10.6 Å². The van der Waals surface area contributed by atoms with Crippen LogP contribution in [-0.4, -0.2) is 30.1 Å². The van der Waals surface area contributed by atoms with Gasteiger partial charge in [0.05, 0.1) is 11.5 Å². The second kappa shape index (κ2) is 4.68. The lowest BCUT2D eigenvalue weighted by molar-refractivity contribution is -0.121. The number of nitrogens with two attached hydrogens (primary N) is 1. The maximum atomic E-state index is 11.1. The van der Waals surface area contributed by atoms with Crippen molar-refractivity contribution in [1.29, 1.82) is 0 Å². The predicted molar refractivity (Wildman–Crippen MR) is 67.7 cm³/mol. The third kappa shape index (κ3) is 2.30. The summed E-state index contributed by atoms with van der Waals surface area (Å²) in [4.78, 5) is 24.1. The van der Waals surface area contributed by atoms with E-state index >= 15 is 0 Å². The van der Waals surface area contributed by atoms with Gasteiger partial charge < -0.3 is 15.7 Å². The number of carbonyl (C=O) groups is 2. The van der Waals surface area contributed by atoms with Crippen molar-refractivity contribution in [3.8, 4) is 0 Å². The van der Waals surface area contributed by atoms with Crippen molar-refractivity contribution in [2.45, 2.75) is 13.3 Å². The van der Waals surface area contributed by atoms with E-state index in [4.69, 9.17) is 10.8 Å². The number of aryl methyl sites for hydroxylation is 1. The minimum Gasteiger partial charge on any atom is -0.478 e. The lowest BCUT2D eigenvalue weighted by Crippen LogP contribution is -2.27. The maximum Gasteiger partial charge on any atom is 0.335 e. The van der Waals surface area contributed by atoms with Crippen molar-refractivity contribution in [3.63, 3.8) is 0 Å². The molecule has 5 heteroatoms. The smallest absolute Gasteiger partial charge is 0.335 e. The molecule has 18 heavy (non-hydrogen) atoms. The summed E-state index contributed by atoms with van der Waals surface area (Å²) in [5.74, 6) is -1.30. The number of aromatic carboxylic acids is 1. The van der Waals surface area contributed by atoms with E-state index in [1.54, 1.807) is 18.2 Å². The lowest BCUT2D eigenvalue weighted by atomic mass is 10.1. The Balaban J connectivity index is 2.20. The highest BCUT2D eigenvalue weighted by molar-refractivity contribution is 5.88. The van der Waals surface area contributed by atoms with Gasteiger partial charge in [-0.05, 0) is 37.1 Å². The van der Waals surface area contributed by atoms with Crippen molar-refractivity contribution in [2.24, 2.45) is 11.7 Å². The van der Waals surface area contributed by atoms with E-state index < -0.39 is 5.97 Å². The zero-order valence-electron chi connectivity index (χ0n) is 10.2. The molecule has 96 valence electrons. The molecule has 5 nitrogen and oxygen atoms in total. The molecular formula is C13H16N2O3. The van der Waals surface area contributed by atoms with E-state index in [1.165, 1.54) is 0 Å². The molecule has 1 saturated heterocycles. The Bertz CT molecular complexity index is 499. The Morgan fingerprint density at radius 1 is 1.44 bits per heavy atom. The zero-order valence-corrected chi connectivity index (χ0v) is 10.2. The molecule has 1 atom stereocenters. The first-order valence-electron chi connectivity index (χ1n) is 5.87. The van der Waals surface area contributed by atoms with Crippen LogP contribution in [0.2, 0.25) is 0 Å². The summed E-state index contributed by atoms with van der Waals surface area (Å²) < 4.78 is 0. The van der Waals surface area contributed by atoms with Gasteiger partial charge in [-0.2, -0.15) is 0 Å². The minimum absolute atomic E-state index is 0.108. The van der Waals surface area contributed by atoms with Gasteiger partial charge in [-0.1, -0.05) is 0 Å². The monoisotopic (exact) mass is 248 g/mol. The number of amides is 1. The Morgan fingerprint density at radius 3 is 2.67 bits per heavy atom. The minimum atomic E-state index is -0.930. The molecule has 0 aliphatic carbocycles. The molecule has 1 aliphatic heterocycles. The van der Waals surface area contributed by atoms with Gasteiger partial charge in [-0.25, -0.2) is 4.79 Å². The molecule has 0 saturated carbocycles. The van der Waals surface area contributed by atoms with Gasteiger partial charge >= 0.3 is 5.97 Å². The summed E-state index contributed by atoms with van der Waals surface area (Å²) in [7, 11) is 0. The summed E-state index contributed by atoms with van der Waals surface area (Å²) in [5, 5.41) is 8.91. The van der Waals surface area contributed by atoms with Gasteiger partial charge in [-0.3, -0.25) is 4.79 Å². The molecule has 3 N–H and O–H groups in total. The first-order valence-corrected chi connectivity index (χ1v) is 5.87. The van der Waals surface area contributed by atoms with Crippen molar-refractivity contribution in [3.05, 3.63) is 29.3 Å². The average Bonchev–Trinajstić information content (AvgIpc) is 2.78. The first kappa shape index (κ1) is 12.4. The first-order chi connectivity index (χ1) is 8.49. The van der Waals surface area contributed by atoms with Crippen molar-refractivity contribution >= 4 is 17.6 Å². The molecule has 0 aromatic heterocycles. The molecule has 1 unspecified atom stereocenters. The molecule has 0 bridgehead atoms. The number of carboxylic acid groups (broad SMARTS) is 1. The highest BCUT2D eigenvalue weighted by Crippen LogP contribution is 2.27. The van der Waals surface area contributed by atoms with E-state index in [0.717, 1.165) is 24.2 Å². The van der Waals surface area contributed by atoms with Crippen molar-refractivity contribution in [1.82, 2.24) is 0 Å². The second-order valence-electron chi connectivity index (χ2n) is 4.64. The van der Waals surface area contributed by atoms with Crippen LogP contribution in [0.15, 0.2) is 18.2 Å².